The minimum absolute atomic E-state index is 0.000524. The maximum absolute atomic E-state index is 10.5. The molecule has 0 saturated carbocycles. The fourth-order valence-corrected chi connectivity index (χ4v) is 3.87. The summed E-state index contributed by atoms with van der Waals surface area (Å²) in [5.74, 6) is -0.862. The predicted molar refractivity (Wildman–Crippen MR) is 140 cm³/mol. The molecule has 1 atom stereocenters. The van der Waals surface area contributed by atoms with Crippen molar-refractivity contribution in [1.82, 2.24) is 0 Å². The number of para-hydroxylation sites is 1. The van der Waals surface area contributed by atoms with Crippen LogP contribution in [0, 0.1) is 0 Å². The molecule has 1 aliphatic heterocycles. The van der Waals surface area contributed by atoms with Crippen LogP contribution in [0.5, 0.6) is 0 Å². The number of allylic oxidation sites excluding steroid dienone is 4. The molecule has 0 amide bonds. The molecular formula is C28H40N2O4. The summed E-state index contributed by atoms with van der Waals surface area (Å²) >= 11 is 0. The van der Waals surface area contributed by atoms with E-state index in [1.165, 1.54) is 23.4 Å². The molecule has 2 rings (SSSR count). The van der Waals surface area contributed by atoms with Crippen LogP contribution in [0.4, 0.5) is 5.69 Å². The lowest BCUT2D eigenvalue weighted by atomic mass is 10.1. The summed E-state index contributed by atoms with van der Waals surface area (Å²) in [6.45, 7) is 7.95. The normalized spacial score (nSPS) is 15.9. The van der Waals surface area contributed by atoms with Gasteiger partial charge in [-0.2, -0.15) is 0 Å². The summed E-state index contributed by atoms with van der Waals surface area (Å²) in [5, 5.41) is 12.8. The zero-order chi connectivity index (χ0) is 24.6. The van der Waals surface area contributed by atoms with Gasteiger partial charge in [0.05, 0.1) is 25.3 Å². The molecule has 0 aliphatic carbocycles. The van der Waals surface area contributed by atoms with E-state index < -0.39 is 5.97 Å². The van der Waals surface area contributed by atoms with E-state index in [4.69, 9.17) is 14.7 Å². The summed E-state index contributed by atoms with van der Waals surface area (Å²) in [4.78, 5) is 18.4. The van der Waals surface area contributed by atoms with Gasteiger partial charge in [-0.1, -0.05) is 61.3 Å². The molecule has 1 aromatic rings. The van der Waals surface area contributed by atoms with E-state index >= 15 is 0 Å². The van der Waals surface area contributed by atoms with Gasteiger partial charge in [-0.3, -0.25) is 4.79 Å². The van der Waals surface area contributed by atoms with Crippen molar-refractivity contribution in [2.75, 3.05) is 24.7 Å². The molecule has 1 heterocycles. The molecule has 1 aliphatic rings. The average molecular weight is 469 g/mol. The van der Waals surface area contributed by atoms with E-state index in [1.54, 1.807) is 0 Å². The lowest BCUT2D eigenvalue weighted by Gasteiger charge is -2.27. The third kappa shape index (κ3) is 9.96. The highest BCUT2D eigenvalue weighted by molar-refractivity contribution is 5.94. The van der Waals surface area contributed by atoms with Crippen LogP contribution in [0.1, 0.15) is 71.3 Å². The molecule has 0 saturated heterocycles. The van der Waals surface area contributed by atoms with Gasteiger partial charge in [0.2, 0.25) is 0 Å². The van der Waals surface area contributed by atoms with Gasteiger partial charge in [0, 0.05) is 17.9 Å². The average Bonchev–Trinajstić information content (AvgIpc) is 2.83. The summed E-state index contributed by atoms with van der Waals surface area (Å²) in [6.07, 6.45) is 16.7. The highest BCUT2D eigenvalue weighted by Crippen LogP contribution is 2.26. The molecule has 0 aromatic heterocycles. The van der Waals surface area contributed by atoms with Gasteiger partial charge in [-0.25, -0.2) is 0 Å². The van der Waals surface area contributed by atoms with Crippen LogP contribution in [0.2, 0.25) is 0 Å². The number of hydrogen-bond donors (Lipinski definition) is 1. The molecule has 6 heteroatoms. The van der Waals surface area contributed by atoms with Gasteiger partial charge in [-0.05, 0) is 63.3 Å². The number of unbranched alkanes of at least 4 members (excludes halogenated alkanes) is 3. The number of aliphatic carboxylic acids is 1. The third-order valence-electron chi connectivity index (χ3n) is 5.61. The van der Waals surface area contributed by atoms with E-state index in [2.05, 4.69) is 73.3 Å². The maximum Gasteiger partial charge on any atom is 0.305 e. The minimum Gasteiger partial charge on any atom is -0.481 e. The number of carboxylic acid groups (broad SMARTS) is 1. The van der Waals surface area contributed by atoms with Crippen LogP contribution < -0.4 is 4.90 Å². The number of ether oxygens (including phenoxy) is 1. The van der Waals surface area contributed by atoms with Crippen LogP contribution in [0.25, 0.3) is 6.08 Å². The quantitative estimate of drug-likeness (QED) is 0.277. The van der Waals surface area contributed by atoms with Crippen molar-refractivity contribution in [1.29, 1.82) is 0 Å². The summed E-state index contributed by atoms with van der Waals surface area (Å²) in [7, 11) is 0. The monoisotopic (exact) mass is 468 g/mol. The highest BCUT2D eigenvalue weighted by atomic mass is 16.7. The first-order chi connectivity index (χ1) is 16.5. The Morgan fingerprint density at radius 3 is 2.74 bits per heavy atom. The summed E-state index contributed by atoms with van der Waals surface area (Å²) in [6, 6.07) is 8.59. The van der Waals surface area contributed by atoms with Gasteiger partial charge < -0.3 is 19.6 Å². The molecule has 1 unspecified atom stereocenters. The van der Waals surface area contributed by atoms with Crippen molar-refractivity contribution in [2.45, 2.75) is 71.8 Å². The topological polar surface area (TPSA) is 71.4 Å². The second-order valence-electron chi connectivity index (χ2n) is 8.43. The molecular weight excluding hydrogens is 428 g/mol. The summed E-state index contributed by atoms with van der Waals surface area (Å²) < 4.78 is 5.31. The summed E-state index contributed by atoms with van der Waals surface area (Å²) in [5.41, 5.74) is 4.77. The van der Waals surface area contributed by atoms with Gasteiger partial charge in [-0.15, -0.1) is 0 Å². The Labute approximate surface area is 204 Å². The lowest BCUT2D eigenvalue weighted by molar-refractivity contribution is -0.138. The van der Waals surface area contributed by atoms with Crippen LogP contribution >= 0.6 is 0 Å². The van der Waals surface area contributed by atoms with E-state index in [0.29, 0.717) is 6.61 Å². The van der Waals surface area contributed by atoms with Crippen molar-refractivity contribution in [3.63, 3.8) is 0 Å². The third-order valence-corrected chi connectivity index (χ3v) is 5.61. The molecule has 1 aromatic carbocycles. The molecule has 6 nitrogen and oxygen atoms in total. The Kier molecular flexibility index (Phi) is 12.8. The molecule has 0 fully saturated rings. The molecule has 34 heavy (non-hydrogen) atoms. The predicted octanol–water partition coefficient (Wildman–Crippen LogP) is 6.59. The number of nitrogens with zero attached hydrogens (tertiary/aromatic N) is 2. The van der Waals surface area contributed by atoms with Crippen LogP contribution in [0.15, 0.2) is 59.4 Å². The van der Waals surface area contributed by atoms with Crippen molar-refractivity contribution in [3.8, 4) is 0 Å². The van der Waals surface area contributed by atoms with Crippen LogP contribution in [-0.4, -0.2) is 42.7 Å². The number of rotatable bonds is 16. The van der Waals surface area contributed by atoms with Gasteiger partial charge in [0.15, 0.2) is 6.10 Å². The van der Waals surface area contributed by atoms with Crippen molar-refractivity contribution >= 4 is 23.4 Å². The first-order valence-corrected chi connectivity index (χ1v) is 12.4. The zero-order valence-corrected chi connectivity index (χ0v) is 20.9. The fraction of sp³-hybridized carbons (Fsp3) is 0.500. The van der Waals surface area contributed by atoms with E-state index in [0.717, 1.165) is 44.4 Å². The number of benzene rings is 1. The van der Waals surface area contributed by atoms with E-state index in [1.807, 2.05) is 12.2 Å². The van der Waals surface area contributed by atoms with E-state index in [-0.39, 0.29) is 19.1 Å². The first kappa shape index (κ1) is 27.4. The Morgan fingerprint density at radius 1 is 1.24 bits per heavy atom. The number of oxime groups is 1. The first-order valence-electron chi connectivity index (χ1n) is 12.4. The van der Waals surface area contributed by atoms with E-state index in [9.17, 15) is 4.79 Å². The molecule has 186 valence electrons. The SMILES string of the molecule is C/C=C/c1ccccc1N(CCCCCCC1=NOC(COCCC(=O)O)C=C1)/C(C)=C/CC. The largest absolute Gasteiger partial charge is 0.481 e. The molecule has 0 spiro atoms. The lowest BCUT2D eigenvalue weighted by Crippen LogP contribution is -2.23. The Hall–Kier alpha value is -2.86. The van der Waals surface area contributed by atoms with Crippen molar-refractivity contribution in [2.24, 2.45) is 5.16 Å². The van der Waals surface area contributed by atoms with Gasteiger partial charge >= 0.3 is 5.97 Å². The maximum atomic E-state index is 10.5. The molecule has 0 radical (unpaired) electrons. The Balaban J connectivity index is 1.72. The second kappa shape index (κ2) is 15.9. The standard InChI is InChI=1S/C28H40N2O4/c1-4-12-23(3)30(27-16-10-9-14-24(27)13-5-2)20-11-7-6-8-15-25-17-18-26(34-29-25)22-33-21-19-28(31)32/h5,9-10,12-14,16-18,26H,4,6-8,11,15,19-22H2,1-3H3,(H,31,32)/b13-5+,23-12+. The Morgan fingerprint density at radius 2 is 2.03 bits per heavy atom. The second-order valence-corrected chi connectivity index (χ2v) is 8.43. The molecule has 1 N–H and O–H groups in total. The van der Waals surface area contributed by atoms with Crippen molar-refractivity contribution < 1.29 is 19.5 Å². The fourth-order valence-electron chi connectivity index (χ4n) is 3.87. The highest BCUT2D eigenvalue weighted by Gasteiger charge is 2.13. The number of hydrogen-bond acceptors (Lipinski definition) is 5. The number of anilines is 1. The van der Waals surface area contributed by atoms with Gasteiger partial charge in [0.1, 0.15) is 0 Å². The Bertz CT molecular complexity index is 873. The molecule has 0 bridgehead atoms. The zero-order valence-electron chi connectivity index (χ0n) is 20.9. The van der Waals surface area contributed by atoms with Crippen LogP contribution in [0.3, 0.4) is 0 Å². The minimum atomic E-state index is -0.862. The van der Waals surface area contributed by atoms with Crippen molar-refractivity contribution in [3.05, 3.63) is 59.8 Å². The van der Waals surface area contributed by atoms with Crippen LogP contribution in [-0.2, 0) is 14.4 Å². The van der Waals surface area contributed by atoms with Gasteiger partial charge in [0.25, 0.3) is 0 Å². The number of carboxylic acids is 1. The smallest absolute Gasteiger partial charge is 0.305 e. The number of carbonyl (C=O) groups is 1.